The largest absolute Gasteiger partial charge is 0.369 e. The van der Waals surface area contributed by atoms with E-state index in [-0.39, 0.29) is 11.3 Å². The van der Waals surface area contributed by atoms with Crippen molar-refractivity contribution < 1.29 is 4.79 Å². The summed E-state index contributed by atoms with van der Waals surface area (Å²) in [6.07, 6.45) is 7.13. The molecule has 0 heterocycles. The third kappa shape index (κ3) is 4.67. The highest BCUT2D eigenvalue weighted by molar-refractivity contribution is 5.80. The van der Waals surface area contributed by atoms with Gasteiger partial charge in [-0.15, -0.1) is 0 Å². The Morgan fingerprint density at radius 1 is 1.20 bits per heavy atom. The molecule has 0 bridgehead atoms. The van der Waals surface area contributed by atoms with Gasteiger partial charge < -0.3 is 5.73 Å². The number of carbonyl (C=O) groups is 1. The normalized spacial score (nSPS) is 15.3. The summed E-state index contributed by atoms with van der Waals surface area (Å²) in [5, 5.41) is 0. The van der Waals surface area contributed by atoms with Gasteiger partial charge in [0.15, 0.2) is 0 Å². The standard InChI is InChI=1S/C13H27NO/c1-5-6-7-8-9-10-13(4,11(2)3)12(14)15/h11H,5-10H2,1-4H3,(H2,14,15). The van der Waals surface area contributed by atoms with E-state index in [1.54, 1.807) is 0 Å². The lowest BCUT2D eigenvalue weighted by atomic mass is 9.74. The molecule has 1 amide bonds. The molecule has 0 rings (SSSR count). The minimum absolute atomic E-state index is 0.145. The minimum atomic E-state index is -0.313. The van der Waals surface area contributed by atoms with Gasteiger partial charge in [-0.3, -0.25) is 4.79 Å². The Hall–Kier alpha value is -0.530. The van der Waals surface area contributed by atoms with Gasteiger partial charge in [0.1, 0.15) is 0 Å². The van der Waals surface area contributed by atoms with Crippen LogP contribution in [0.1, 0.15) is 66.2 Å². The smallest absolute Gasteiger partial charge is 0.223 e. The number of nitrogens with two attached hydrogens (primary N) is 1. The van der Waals surface area contributed by atoms with Gasteiger partial charge in [0, 0.05) is 5.41 Å². The molecule has 0 aromatic rings. The highest BCUT2D eigenvalue weighted by Crippen LogP contribution is 2.32. The number of rotatable bonds is 8. The van der Waals surface area contributed by atoms with Crippen LogP contribution in [0.5, 0.6) is 0 Å². The lowest BCUT2D eigenvalue weighted by Gasteiger charge is -2.30. The first kappa shape index (κ1) is 14.5. The van der Waals surface area contributed by atoms with Gasteiger partial charge >= 0.3 is 0 Å². The molecule has 0 saturated heterocycles. The van der Waals surface area contributed by atoms with Gasteiger partial charge in [0.25, 0.3) is 0 Å². The maximum absolute atomic E-state index is 11.4. The summed E-state index contributed by atoms with van der Waals surface area (Å²) in [4.78, 5) is 11.4. The Balaban J connectivity index is 3.93. The van der Waals surface area contributed by atoms with E-state index >= 15 is 0 Å². The van der Waals surface area contributed by atoms with Gasteiger partial charge in [-0.25, -0.2) is 0 Å². The molecule has 15 heavy (non-hydrogen) atoms. The zero-order valence-corrected chi connectivity index (χ0v) is 10.8. The first-order chi connectivity index (χ1) is 6.95. The Morgan fingerprint density at radius 2 is 1.73 bits per heavy atom. The SMILES string of the molecule is CCCCCCCC(C)(C(N)=O)C(C)C. The average Bonchev–Trinajstić information content (AvgIpc) is 2.16. The quantitative estimate of drug-likeness (QED) is 0.616. The lowest BCUT2D eigenvalue weighted by Crippen LogP contribution is -2.38. The molecule has 0 aliphatic heterocycles. The van der Waals surface area contributed by atoms with Gasteiger partial charge in [0.2, 0.25) is 5.91 Å². The maximum atomic E-state index is 11.4. The summed E-state index contributed by atoms with van der Waals surface area (Å²) < 4.78 is 0. The number of hydrogen-bond acceptors (Lipinski definition) is 1. The second-order valence-electron chi connectivity index (χ2n) is 5.10. The maximum Gasteiger partial charge on any atom is 0.223 e. The molecule has 0 aliphatic rings. The van der Waals surface area contributed by atoms with Gasteiger partial charge in [-0.05, 0) is 12.3 Å². The van der Waals surface area contributed by atoms with Crippen molar-refractivity contribution in [2.45, 2.75) is 66.2 Å². The molecule has 2 nitrogen and oxygen atoms in total. The van der Waals surface area contributed by atoms with Crippen molar-refractivity contribution in [3.63, 3.8) is 0 Å². The summed E-state index contributed by atoms with van der Waals surface area (Å²) >= 11 is 0. The highest BCUT2D eigenvalue weighted by atomic mass is 16.1. The molecule has 0 radical (unpaired) electrons. The molecule has 1 atom stereocenters. The van der Waals surface area contributed by atoms with Crippen LogP contribution in [0, 0.1) is 11.3 Å². The third-order valence-corrected chi connectivity index (χ3v) is 3.64. The van der Waals surface area contributed by atoms with Crippen LogP contribution in [0.3, 0.4) is 0 Å². The minimum Gasteiger partial charge on any atom is -0.369 e. The van der Waals surface area contributed by atoms with Crippen LogP contribution in [-0.2, 0) is 4.79 Å². The number of unbranched alkanes of at least 4 members (excludes halogenated alkanes) is 4. The van der Waals surface area contributed by atoms with Crippen molar-refractivity contribution in [1.82, 2.24) is 0 Å². The van der Waals surface area contributed by atoms with Crippen molar-refractivity contribution in [2.24, 2.45) is 17.1 Å². The fourth-order valence-corrected chi connectivity index (χ4v) is 1.79. The number of amides is 1. The number of hydrogen-bond donors (Lipinski definition) is 1. The predicted octanol–water partition coefficient (Wildman–Crippen LogP) is 3.49. The van der Waals surface area contributed by atoms with Crippen LogP contribution >= 0.6 is 0 Å². The van der Waals surface area contributed by atoms with Crippen molar-refractivity contribution in [3.8, 4) is 0 Å². The van der Waals surface area contributed by atoms with E-state index in [4.69, 9.17) is 5.73 Å². The molecule has 0 saturated carbocycles. The fourth-order valence-electron chi connectivity index (χ4n) is 1.79. The Labute approximate surface area is 94.6 Å². The Morgan fingerprint density at radius 3 is 2.13 bits per heavy atom. The van der Waals surface area contributed by atoms with Crippen LogP contribution < -0.4 is 5.73 Å². The number of carbonyl (C=O) groups excluding carboxylic acids is 1. The van der Waals surface area contributed by atoms with Gasteiger partial charge in [0.05, 0.1) is 0 Å². The van der Waals surface area contributed by atoms with Crippen LogP contribution in [0.15, 0.2) is 0 Å². The van der Waals surface area contributed by atoms with E-state index in [9.17, 15) is 4.79 Å². The van der Waals surface area contributed by atoms with Crippen LogP contribution in [0.25, 0.3) is 0 Å². The topological polar surface area (TPSA) is 43.1 Å². The van der Waals surface area contributed by atoms with E-state index in [2.05, 4.69) is 20.8 Å². The molecule has 2 heteroatoms. The molecule has 1 unspecified atom stereocenters. The molecule has 0 aromatic heterocycles. The number of primary amides is 1. The summed E-state index contributed by atoms with van der Waals surface area (Å²) in [5.41, 5.74) is 5.16. The van der Waals surface area contributed by atoms with Crippen LogP contribution in [0.2, 0.25) is 0 Å². The molecule has 90 valence electrons. The summed E-state index contributed by atoms with van der Waals surface area (Å²) in [7, 11) is 0. The van der Waals surface area contributed by atoms with Crippen molar-refractivity contribution in [2.75, 3.05) is 0 Å². The monoisotopic (exact) mass is 213 g/mol. The zero-order chi connectivity index (χ0) is 11.9. The van der Waals surface area contributed by atoms with Gasteiger partial charge in [-0.1, -0.05) is 59.8 Å². The Kier molecular flexibility index (Phi) is 6.62. The van der Waals surface area contributed by atoms with E-state index in [0.29, 0.717) is 5.92 Å². The van der Waals surface area contributed by atoms with E-state index in [1.807, 2.05) is 6.92 Å². The van der Waals surface area contributed by atoms with E-state index in [0.717, 1.165) is 12.8 Å². The lowest BCUT2D eigenvalue weighted by molar-refractivity contribution is -0.129. The van der Waals surface area contributed by atoms with E-state index < -0.39 is 0 Å². The molecule has 0 fully saturated rings. The second-order valence-corrected chi connectivity index (χ2v) is 5.10. The molecule has 0 aliphatic carbocycles. The average molecular weight is 213 g/mol. The summed E-state index contributed by atoms with van der Waals surface area (Å²) in [6, 6.07) is 0. The summed E-state index contributed by atoms with van der Waals surface area (Å²) in [5.74, 6) is 0.189. The first-order valence-corrected chi connectivity index (χ1v) is 6.25. The van der Waals surface area contributed by atoms with E-state index in [1.165, 1.54) is 25.7 Å². The first-order valence-electron chi connectivity index (χ1n) is 6.25. The van der Waals surface area contributed by atoms with Crippen LogP contribution in [0.4, 0.5) is 0 Å². The van der Waals surface area contributed by atoms with Crippen molar-refractivity contribution >= 4 is 5.91 Å². The van der Waals surface area contributed by atoms with Crippen molar-refractivity contribution in [3.05, 3.63) is 0 Å². The van der Waals surface area contributed by atoms with Gasteiger partial charge in [-0.2, -0.15) is 0 Å². The fraction of sp³-hybridized carbons (Fsp3) is 0.923. The molecule has 2 N–H and O–H groups in total. The predicted molar refractivity (Wildman–Crippen MR) is 65.5 cm³/mol. The van der Waals surface area contributed by atoms with Crippen LogP contribution in [-0.4, -0.2) is 5.91 Å². The molecule has 0 aromatic carbocycles. The molecular formula is C13H27NO. The third-order valence-electron chi connectivity index (χ3n) is 3.64. The summed E-state index contributed by atoms with van der Waals surface area (Å²) in [6.45, 7) is 8.37. The van der Waals surface area contributed by atoms with Crippen molar-refractivity contribution in [1.29, 1.82) is 0 Å². The Bertz CT molecular complexity index is 189. The zero-order valence-electron chi connectivity index (χ0n) is 10.8. The second kappa shape index (κ2) is 6.86. The highest BCUT2D eigenvalue weighted by Gasteiger charge is 2.33. The molecule has 0 spiro atoms. The molecular weight excluding hydrogens is 186 g/mol.